The van der Waals surface area contributed by atoms with Crippen molar-refractivity contribution in [2.24, 2.45) is 5.92 Å². The number of hydrogen-bond donors (Lipinski definition) is 1. The first kappa shape index (κ1) is 21.3. The summed E-state index contributed by atoms with van der Waals surface area (Å²) in [5, 5.41) is 4.29. The van der Waals surface area contributed by atoms with Gasteiger partial charge >= 0.3 is 0 Å². The lowest BCUT2D eigenvalue weighted by molar-refractivity contribution is -0.118. The van der Waals surface area contributed by atoms with Crippen LogP contribution < -0.4 is 10.9 Å². The van der Waals surface area contributed by atoms with Crippen molar-refractivity contribution in [2.75, 3.05) is 26.0 Å². The summed E-state index contributed by atoms with van der Waals surface area (Å²) in [5.41, 5.74) is 1.28. The summed E-state index contributed by atoms with van der Waals surface area (Å²) in [4.78, 5) is 32.4. The fourth-order valence-corrected chi connectivity index (χ4v) is 5.55. The molecule has 2 heterocycles. The lowest BCUT2D eigenvalue weighted by Crippen LogP contribution is -2.29. The van der Waals surface area contributed by atoms with Crippen molar-refractivity contribution in [3.05, 3.63) is 20.8 Å². The summed E-state index contributed by atoms with van der Waals surface area (Å²) in [5.74, 6) is 0.667. The van der Waals surface area contributed by atoms with Gasteiger partial charge in [0, 0.05) is 25.1 Å². The number of ether oxygens (including phenoxy) is 1. The van der Waals surface area contributed by atoms with Crippen molar-refractivity contribution in [1.82, 2.24) is 14.9 Å². The topological polar surface area (TPSA) is 73.2 Å². The molecule has 2 aromatic rings. The molecule has 1 aliphatic rings. The Hall–Kier alpha value is -1.38. The van der Waals surface area contributed by atoms with Gasteiger partial charge in [0.05, 0.1) is 17.7 Å². The van der Waals surface area contributed by atoms with Crippen LogP contribution in [0.2, 0.25) is 0 Å². The Morgan fingerprint density at radius 3 is 2.89 bits per heavy atom. The average Bonchev–Trinajstić information content (AvgIpc) is 3.04. The number of methoxy groups -OCH3 is 1. The van der Waals surface area contributed by atoms with E-state index in [4.69, 9.17) is 9.72 Å². The summed E-state index contributed by atoms with van der Waals surface area (Å²) in [6, 6.07) is 0. The number of rotatable bonds is 9. The SMILES string of the molecule is COCCNC(=O)CSc1nc2sc3c(c2c(=O)n1CCC(C)C)CCCC3. The highest BCUT2D eigenvalue weighted by molar-refractivity contribution is 7.99. The van der Waals surface area contributed by atoms with Crippen LogP contribution in [0.5, 0.6) is 0 Å². The summed E-state index contributed by atoms with van der Waals surface area (Å²) >= 11 is 3.00. The second kappa shape index (κ2) is 9.89. The van der Waals surface area contributed by atoms with Gasteiger partial charge in [0.15, 0.2) is 5.16 Å². The molecule has 3 rings (SSSR count). The van der Waals surface area contributed by atoms with E-state index in [1.807, 2.05) is 0 Å². The van der Waals surface area contributed by atoms with Crippen molar-refractivity contribution >= 4 is 39.2 Å². The zero-order chi connectivity index (χ0) is 20.1. The first-order chi connectivity index (χ1) is 13.5. The Kier molecular flexibility index (Phi) is 7.54. The van der Waals surface area contributed by atoms with Crippen molar-refractivity contribution < 1.29 is 9.53 Å². The van der Waals surface area contributed by atoms with Crippen LogP contribution in [0.3, 0.4) is 0 Å². The van der Waals surface area contributed by atoms with Crippen LogP contribution in [-0.2, 0) is 28.9 Å². The molecule has 1 aliphatic carbocycles. The van der Waals surface area contributed by atoms with Crippen LogP contribution in [0.25, 0.3) is 10.2 Å². The summed E-state index contributed by atoms with van der Waals surface area (Å²) in [6.45, 7) is 5.91. The maximum Gasteiger partial charge on any atom is 0.263 e. The van der Waals surface area contributed by atoms with Crippen molar-refractivity contribution in [2.45, 2.75) is 57.7 Å². The molecule has 0 aliphatic heterocycles. The molecule has 0 bridgehead atoms. The predicted octanol–water partition coefficient (Wildman–Crippen LogP) is 3.24. The molecule has 154 valence electrons. The predicted molar refractivity (Wildman–Crippen MR) is 116 cm³/mol. The summed E-state index contributed by atoms with van der Waals surface area (Å²) in [7, 11) is 1.61. The zero-order valence-corrected chi connectivity index (χ0v) is 18.5. The fraction of sp³-hybridized carbons (Fsp3) is 0.650. The second-order valence-electron chi connectivity index (χ2n) is 7.56. The van der Waals surface area contributed by atoms with Crippen LogP contribution >= 0.6 is 23.1 Å². The fourth-order valence-electron chi connectivity index (χ4n) is 3.39. The van der Waals surface area contributed by atoms with E-state index in [-0.39, 0.29) is 17.2 Å². The van der Waals surface area contributed by atoms with E-state index >= 15 is 0 Å². The van der Waals surface area contributed by atoms with Gasteiger partial charge in [0.2, 0.25) is 5.91 Å². The molecule has 0 radical (unpaired) electrons. The quantitative estimate of drug-likeness (QED) is 0.381. The number of hydrogen-bond acceptors (Lipinski definition) is 6. The van der Waals surface area contributed by atoms with Crippen molar-refractivity contribution in [3.63, 3.8) is 0 Å². The van der Waals surface area contributed by atoms with Gasteiger partial charge in [-0.3, -0.25) is 14.2 Å². The molecular weight excluding hydrogens is 394 g/mol. The molecule has 0 saturated heterocycles. The molecule has 28 heavy (non-hydrogen) atoms. The molecule has 0 spiro atoms. The number of aryl methyl sites for hydroxylation is 2. The molecule has 0 atom stereocenters. The number of thiophene rings is 1. The molecular formula is C20H29N3O3S2. The highest BCUT2D eigenvalue weighted by atomic mass is 32.2. The number of amides is 1. The molecule has 0 aromatic carbocycles. The van der Waals surface area contributed by atoms with Crippen LogP contribution in [0.4, 0.5) is 0 Å². The monoisotopic (exact) mass is 423 g/mol. The molecule has 0 saturated carbocycles. The normalized spacial score (nSPS) is 13.9. The summed E-state index contributed by atoms with van der Waals surface area (Å²) < 4.78 is 6.74. The number of carbonyl (C=O) groups is 1. The molecule has 0 fully saturated rings. The van der Waals surface area contributed by atoms with Gasteiger partial charge in [0.1, 0.15) is 4.83 Å². The van der Waals surface area contributed by atoms with E-state index in [1.165, 1.54) is 28.6 Å². The van der Waals surface area contributed by atoms with E-state index < -0.39 is 0 Å². The van der Waals surface area contributed by atoms with Gasteiger partial charge in [-0.25, -0.2) is 4.98 Å². The van der Waals surface area contributed by atoms with Crippen molar-refractivity contribution in [1.29, 1.82) is 0 Å². The van der Waals surface area contributed by atoms with Crippen LogP contribution in [0, 0.1) is 5.92 Å². The lowest BCUT2D eigenvalue weighted by Gasteiger charge is -2.14. The maximum atomic E-state index is 13.3. The minimum atomic E-state index is -0.0720. The number of aromatic nitrogens is 2. The number of thioether (sulfide) groups is 1. The van der Waals surface area contributed by atoms with E-state index in [2.05, 4.69) is 19.2 Å². The Morgan fingerprint density at radius 1 is 1.36 bits per heavy atom. The second-order valence-corrected chi connectivity index (χ2v) is 9.58. The van der Waals surface area contributed by atoms with E-state index in [9.17, 15) is 9.59 Å². The van der Waals surface area contributed by atoms with Gasteiger partial charge in [-0.05, 0) is 43.6 Å². The van der Waals surface area contributed by atoms with E-state index in [1.54, 1.807) is 23.0 Å². The Bertz CT molecular complexity index is 889. The van der Waals surface area contributed by atoms with Crippen LogP contribution in [0.1, 0.15) is 43.6 Å². The third kappa shape index (κ3) is 4.96. The van der Waals surface area contributed by atoms with Gasteiger partial charge in [-0.2, -0.15) is 0 Å². The van der Waals surface area contributed by atoms with E-state index in [0.717, 1.165) is 35.9 Å². The Labute approximate surface area is 174 Å². The zero-order valence-electron chi connectivity index (χ0n) is 16.9. The molecule has 1 N–H and O–H groups in total. The minimum Gasteiger partial charge on any atom is -0.383 e. The largest absolute Gasteiger partial charge is 0.383 e. The van der Waals surface area contributed by atoms with Gasteiger partial charge in [0.25, 0.3) is 5.56 Å². The van der Waals surface area contributed by atoms with Gasteiger partial charge < -0.3 is 10.1 Å². The lowest BCUT2D eigenvalue weighted by atomic mass is 9.97. The number of nitrogens with one attached hydrogen (secondary N) is 1. The third-order valence-electron chi connectivity index (χ3n) is 4.93. The molecule has 1 amide bonds. The third-order valence-corrected chi connectivity index (χ3v) is 7.09. The Balaban J connectivity index is 1.89. The van der Waals surface area contributed by atoms with Crippen LogP contribution in [-0.4, -0.2) is 41.5 Å². The first-order valence-corrected chi connectivity index (χ1v) is 11.7. The maximum absolute atomic E-state index is 13.3. The van der Waals surface area contributed by atoms with E-state index in [0.29, 0.717) is 30.8 Å². The Morgan fingerprint density at radius 2 is 2.14 bits per heavy atom. The average molecular weight is 424 g/mol. The standard InChI is InChI=1S/C20H29N3O3S2/c1-13(2)8-10-23-19(25)17-14-6-4-5-7-15(14)28-18(17)22-20(23)27-12-16(24)21-9-11-26-3/h13H,4-12H2,1-3H3,(H,21,24). The molecule has 0 unspecified atom stereocenters. The number of nitrogens with zero attached hydrogens (tertiary/aromatic N) is 2. The van der Waals surface area contributed by atoms with Gasteiger partial charge in [-0.1, -0.05) is 25.6 Å². The molecule has 8 heteroatoms. The molecule has 6 nitrogen and oxygen atoms in total. The summed E-state index contributed by atoms with van der Waals surface area (Å²) in [6.07, 6.45) is 5.26. The number of carbonyl (C=O) groups excluding carboxylic acids is 1. The molecule has 2 aromatic heterocycles. The van der Waals surface area contributed by atoms with Crippen molar-refractivity contribution in [3.8, 4) is 0 Å². The highest BCUT2D eigenvalue weighted by Crippen LogP contribution is 2.34. The highest BCUT2D eigenvalue weighted by Gasteiger charge is 2.22. The number of fused-ring (bicyclic) bond motifs is 3. The van der Waals surface area contributed by atoms with Crippen LogP contribution in [0.15, 0.2) is 9.95 Å². The smallest absolute Gasteiger partial charge is 0.263 e. The van der Waals surface area contributed by atoms with Gasteiger partial charge in [-0.15, -0.1) is 11.3 Å². The minimum absolute atomic E-state index is 0.0624. The first-order valence-electron chi connectivity index (χ1n) is 9.94.